The molecule has 0 radical (unpaired) electrons. The van der Waals surface area contributed by atoms with Gasteiger partial charge in [0.15, 0.2) is 0 Å². The molecule has 2 rings (SSSR count). The Kier molecular flexibility index (Phi) is 5.61. The van der Waals surface area contributed by atoms with Gasteiger partial charge in [-0.3, -0.25) is 4.79 Å². The van der Waals surface area contributed by atoms with Gasteiger partial charge in [0.25, 0.3) is 5.91 Å². The van der Waals surface area contributed by atoms with E-state index >= 15 is 0 Å². The second-order valence-corrected chi connectivity index (χ2v) is 8.05. The van der Waals surface area contributed by atoms with E-state index in [2.05, 4.69) is 20.0 Å². The lowest BCUT2D eigenvalue weighted by molar-refractivity contribution is 0.0869. The van der Waals surface area contributed by atoms with Crippen LogP contribution in [0, 0.1) is 0 Å². The van der Waals surface area contributed by atoms with Gasteiger partial charge in [0, 0.05) is 18.0 Å². The molecule has 0 aliphatic rings. The first-order valence-corrected chi connectivity index (χ1v) is 9.18. The predicted molar refractivity (Wildman–Crippen MR) is 92.4 cm³/mol. The van der Waals surface area contributed by atoms with Crippen molar-refractivity contribution in [1.82, 2.24) is 20.0 Å². The summed E-state index contributed by atoms with van der Waals surface area (Å²) >= 11 is 0. The third kappa shape index (κ3) is 4.88. The van der Waals surface area contributed by atoms with E-state index in [4.69, 9.17) is 0 Å². The fraction of sp³-hybridized carbons (Fsp3) is 0.375. The van der Waals surface area contributed by atoms with Gasteiger partial charge in [0.05, 0.1) is 23.1 Å². The summed E-state index contributed by atoms with van der Waals surface area (Å²) in [6.07, 6.45) is 3.16. The van der Waals surface area contributed by atoms with Gasteiger partial charge in [-0.25, -0.2) is 18.1 Å². The SMILES string of the molecule is CC(NS(=O)(=O)c1ccc(C(=O)NC(C)(C)CO)cc1)c1ncc[nH]1. The summed E-state index contributed by atoms with van der Waals surface area (Å²) in [5.41, 5.74) is -0.457. The van der Waals surface area contributed by atoms with Crippen molar-refractivity contribution in [1.29, 1.82) is 0 Å². The van der Waals surface area contributed by atoms with Crippen LogP contribution in [-0.4, -0.2) is 41.5 Å². The molecule has 1 aromatic heterocycles. The number of sulfonamides is 1. The Balaban J connectivity index is 2.11. The molecule has 0 aliphatic heterocycles. The Morgan fingerprint density at radius 1 is 1.32 bits per heavy atom. The van der Waals surface area contributed by atoms with Gasteiger partial charge in [0.1, 0.15) is 5.82 Å². The van der Waals surface area contributed by atoms with E-state index in [-0.39, 0.29) is 17.4 Å². The Morgan fingerprint density at radius 3 is 2.48 bits per heavy atom. The van der Waals surface area contributed by atoms with E-state index < -0.39 is 21.6 Å². The van der Waals surface area contributed by atoms with Crippen LogP contribution in [0.1, 0.15) is 43.0 Å². The number of rotatable bonds is 7. The molecule has 1 aromatic carbocycles. The molecule has 1 heterocycles. The Labute approximate surface area is 146 Å². The van der Waals surface area contributed by atoms with Gasteiger partial charge in [-0.1, -0.05) is 0 Å². The lowest BCUT2D eigenvalue weighted by atomic mass is 10.1. The molecule has 0 bridgehead atoms. The molecular formula is C16H22N4O4S. The molecule has 2 aromatic rings. The fourth-order valence-electron chi connectivity index (χ4n) is 2.08. The van der Waals surface area contributed by atoms with Crippen molar-refractivity contribution >= 4 is 15.9 Å². The summed E-state index contributed by atoms with van der Waals surface area (Å²) in [6, 6.07) is 5.05. The summed E-state index contributed by atoms with van der Waals surface area (Å²) in [5.74, 6) is 0.116. The van der Waals surface area contributed by atoms with E-state index in [0.29, 0.717) is 11.4 Å². The molecule has 0 saturated carbocycles. The van der Waals surface area contributed by atoms with Crippen LogP contribution in [0.25, 0.3) is 0 Å². The van der Waals surface area contributed by atoms with Crippen molar-refractivity contribution in [3.05, 3.63) is 48.0 Å². The van der Waals surface area contributed by atoms with Gasteiger partial charge in [-0.2, -0.15) is 0 Å². The summed E-state index contributed by atoms with van der Waals surface area (Å²) in [7, 11) is -3.75. The Hall–Kier alpha value is -2.23. The standard InChI is InChI=1S/C16H22N4O4S/c1-11(14-17-8-9-18-14)20-25(23,24)13-6-4-12(5-7-13)15(22)19-16(2,3)10-21/h4-9,11,20-21H,10H2,1-3H3,(H,17,18)(H,19,22). The predicted octanol–water partition coefficient (Wildman–Crippen LogP) is 0.950. The summed E-state index contributed by atoms with van der Waals surface area (Å²) in [5, 5.41) is 11.9. The average Bonchev–Trinajstić information content (AvgIpc) is 3.09. The van der Waals surface area contributed by atoms with E-state index in [1.807, 2.05) is 0 Å². The highest BCUT2D eigenvalue weighted by Gasteiger charge is 2.22. The molecule has 1 unspecified atom stereocenters. The van der Waals surface area contributed by atoms with Crippen LogP contribution in [0.2, 0.25) is 0 Å². The maximum Gasteiger partial charge on any atom is 0.251 e. The number of hydrogen-bond acceptors (Lipinski definition) is 5. The number of nitrogens with zero attached hydrogens (tertiary/aromatic N) is 1. The first-order chi connectivity index (χ1) is 11.6. The van der Waals surface area contributed by atoms with Gasteiger partial charge >= 0.3 is 0 Å². The molecule has 9 heteroatoms. The van der Waals surface area contributed by atoms with Gasteiger partial charge in [0.2, 0.25) is 10.0 Å². The van der Waals surface area contributed by atoms with Crippen LogP contribution in [0.15, 0.2) is 41.6 Å². The Bertz CT molecular complexity index is 814. The second-order valence-electron chi connectivity index (χ2n) is 6.34. The number of H-pyrrole nitrogens is 1. The normalized spacial score (nSPS) is 13.4. The summed E-state index contributed by atoms with van der Waals surface area (Å²) in [4.78, 5) is 19.0. The number of hydrogen-bond donors (Lipinski definition) is 4. The topological polar surface area (TPSA) is 124 Å². The quantitative estimate of drug-likeness (QED) is 0.581. The minimum absolute atomic E-state index is 0.0453. The number of aliphatic hydroxyl groups is 1. The van der Waals surface area contributed by atoms with E-state index in [1.54, 1.807) is 33.2 Å². The maximum atomic E-state index is 12.4. The zero-order valence-electron chi connectivity index (χ0n) is 14.3. The number of benzene rings is 1. The van der Waals surface area contributed by atoms with Crippen LogP contribution in [-0.2, 0) is 10.0 Å². The van der Waals surface area contributed by atoms with Gasteiger partial charge < -0.3 is 15.4 Å². The van der Waals surface area contributed by atoms with Crippen molar-refractivity contribution < 1.29 is 18.3 Å². The number of carbonyl (C=O) groups excluding carboxylic acids is 1. The third-order valence-corrected chi connectivity index (χ3v) is 5.09. The first kappa shape index (κ1) is 19.1. The van der Waals surface area contributed by atoms with Crippen molar-refractivity contribution in [2.45, 2.75) is 37.2 Å². The van der Waals surface area contributed by atoms with Crippen molar-refractivity contribution in [2.24, 2.45) is 0 Å². The molecule has 0 spiro atoms. The Morgan fingerprint density at radius 2 is 1.96 bits per heavy atom. The summed E-state index contributed by atoms with van der Waals surface area (Å²) in [6.45, 7) is 4.84. The summed E-state index contributed by atoms with van der Waals surface area (Å²) < 4.78 is 27.3. The number of aliphatic hydroxyl groups excluding tert-OH is 1. The van der Waals surface area contributed by atoms with Crippen LogP contribution < -0.4 is 10.0 Å². The lowest BCUT2D eigenvalue weighted by Crippen LogP contribution is -2.46. The van der Waals surface area contributed by atoms with E-state index in [1.165, 1.54) is 24.3 Å². The molecule has 0 fully saturated rings. The second kappa shape index (κ2) is 7.34. The largest absolute Gasteiger partial charge is 0.394 e. The zero-order valence-corrected chi connectivity index (χ0v) is 15.1. The minimum atomic E-state index is -3.75. The highest BCUT2D eigenvalue weighted by molar-refractivity contribution is 7.89. The van der Waals surface area contributed by atoms with Crippen molar-refractivity contribution in [2.75, 3.05) is 6.61 Å². The van der Waals surface area contributed by atoms with Crippen LogP contribution in [0.4, 0.5) is 0 Å². The van der Waals surface area contributed by atoms with Crippen molar-refractivity contribution in [3.8, 4) is 0 Å². The molecule has 1 atom stereocenters. The smallest absolute Gasteiger partial charge is 0.251 e. The zero-order chi connectivity index (χ0) is 18.7. The molecule has 1 amide bonds. The molecule has 0 saturated heterocycles. The fourth-order valence-corrected chi connectivity index (χ4v) is 3.28. The number of aromatic amines is 1. The number of amides is 1. The van der Waals surface area contributed by atoms with Crippen molar-refractivity contribution in [3.63, 3.8) is 0 Å². The number of imidazole rings is 1. The molecule has 8 nitrogen and oxygen atoms in total. The van der Waals surface area contributed by atoms with E-state index in [0.717, 1.165) is 0 Å². The minimum Gasteiger partial charge on any atom is -0.394 e. The first-order valence-electron chi connectivity index (χ1n) is 7.70. The molecule has 0 aliphatic carbocycles. The monoisotopic (exact) mass is 366 g/mol. The van der Waals surface area contributed by atoms with Crippen LogP contribution in [0.5, 0.6) is 0 Å². The number of carbonyl (C=O) groups is 1. The number of nitrogens with one attached hydrogen (secondary N) is 3. The van der Waals surface area contributed by atoms with Gasteiger partial charge in [-0.05, 0) is 45.0 Å². The molecule has 4 N–H and O–H groups in total. The molecule has 25 heavy (non-hydrogen) atoms. The molecular weight excluding hydrogens is 344 g/mol. The third-order valence-electron chi connectivity index (χ3n) is 3.54. The highest BCUT2D eigenvalue weighted by Crippen LogP contribution is 2.15. The number of aromatic nitrogens is 2. The lowest BCUT2D eigenvalue weighted by Gasteiger charge is -2.23. The van der Waals surface area contributed by atoms with Gasteiger partial charge in [-0.15, -0.1) is 0 Å². The van der Waals surface area contributed by atoms with Crippen LogP contribution in [0.3, 0.4) is 0 Å². The highest BCUT2D eigenvalue weighted by atomic mass is 32.2. The molecule has 136 valence electrons. The maximum absolute atomic E-state index is 12.4. The average molecular weight is 366 g/mol. The van der Waals surface area contributed by atoms with E-state index in [9.17, 15) is 18.3 Å². The van der Waals surface area contributed by atoms with Crippen LogP contribution >= 0.6 is 0 Å².